The van der Waals surface area contributed by atoms with E-state index < -0.39 is 5.60 Å². The first-order chi connectivity index (χ1) is 10.9. The van der Waals surface area contributed by atoms with E-state index in [-0.39, 0.29) is 6.09 Å². The topological polar surface area (TPSA) is 69.5 Å². The highest BCUT2D eigenvalue weighted by Gasteiger charge is 2.43. The van der Waals surface area contributed by atoms with Crippen molar-refractivity contribution in [2.24, 2.45) is 11.8 Å². The van der Waals surface area contributed by atoms with Crippen molar-refractivity contribution in [1.82, 2.24) is 9.88 Å². The molecular formula is C17H22N4O2. The average Bonchev–Trinajstić information content (AvgIpc) is 3.03. The van der Waals surface area contributed by atoms with Crippen LogP contribution in [0.1, 0.15) is 26.3 Å². The van der Waals surface area contributed by atoms with Crippen molar-refractivity contribution in [2.45, 2.75) is 26.4 Å². The Morgan fingerprint density at radius 3 is 2.52 bits per heavy atom. The first-order valence-corrected chi connectivity index (χ1v) is 7.95. The van der Waals surface area contributed by atoms with Gasteiger partial charge in [0.1, 0.15) is 17.5 Å². The predicted octanol–water partition coefficient (Wildman–Crippen LogP) is 2.26. The lowest BCUT2D eigenvalue weighted by atomic mass is 10.0. The highest BCUT2D eigenvalue weighted by atomic mass is 16.6. The molecule has 1 aromatic rings. The molecule has 2 aliphatic rings. The number of anilines is 1. The van der Waals surface area contributed by atoms with E-state index in [0.717, 1.165) is 18.9 Å². The second kappa shape index (κ2) is 5.73. The van der Waals surface area contributed by atoms with Crippen LogP contribution in [0.5, 0.6) is 0 Å². The molecule has 23 heavy (non-hydrogen) atoms. The third-order valence-electron chi connectivity index (χ3n) is 4.34. The fraction of sp³-hybridized carbons (Fsp3) is 0.588. The lowest BCUT2D eigenvalue weighted by Crippen LogP contribution is -2.37. The summed E-state index contributed by atoms with van der Waals surface area (Å²) in [4.78, 5) is 20.5. The maximum Gasteiger partial charge on any atom is 0.410 e. The van der Waals surface area contributed by atoms with Crippen LogP contribution in [0.2, 0.25) is 0 Å². The Hall–Kier alpha value is -2.29. The fourth-order valence-electron chi connectivity index (χ4n) is 3.38. The minimum Gasteiger partial charge on any atom is -0.444 e. The molecule has 2 fully saturated rings. The second-order valence-corrected chi connectivity index (χ2v) is 7.30. The predicted molar refractivity (Wildman–Crippen MR) is 86.0 cm³/mol. The van der Waals surface area contributed by atoms with E-state index in [1.807, 2.05) is 25.7 Å². The molecule has 2 unspecified atom stereocenters. The molecule has 0 bridgehead atoms. The van der Waals surface area contributed by atoms with Gasteiger partial charge in [-0.1, -0.05) is 0 Å². The minimum atomic E-state index is -0.462. The molecule has 0 saturated carbocycles. The van der Waals surface area contributed by atoms with Gasteiger partial charge in [0.05, 0.1) is 5.56 Å². The maximum atomic E-state index is 12.2. The van der Waals surface area contributed by atoms with Gasteiger partial charge in [-0.2, -0.15) is 5.26 Å². The fourth-order valence-corrected chi connectivity index (χ4v) is 3.38. The molecular weight excluding hydrogens is 292 g/mol. The number of nitriles is 1. The van der Waals surface area contributed by atoms with Gasteiger partial charge < -0.3 is 14.5 Å². The number of nitrogens with zero attached hydrogens (tertiary/aromatic N) is 4. The van der Waals surface area contributed by atoms with E-state index >= 15 is 0 Å². The molecule has 0 aliphatic carbocycles. The number of ether oxygens (including phenoxy) is 1. The number of hydrogen-bond donors (Lipinski definition) is 0. The van der Waals surface area contributed by atoms with Crippen LogP contribution in [-0.4, -0.2) is 47.8 Å². The number of aromatic nitrogens is 1. The number of hydrogen-bond acceptors (Lipinski definition) is 5. The van der Waals surface area contributed by atoms with Gasteiger partial charge in [0.2, 0.25) is 0 Å². The highest BCUT2D eigenvalue weighted by molar-refractivity contribution is 5.68. The number of carbonyl (C=O) groups is 1. The van der Waals surface area contributed by atoms with Gasteiger partial charge in [-0.15, -0.1) is 0 Å². The van der Waals surface area contributed by atoms with Crippen molar-refractivity contribution in [3.8, 4) is 6.07 Å². The molecule has 2 aliphatic heterocycles. The SMILES string of the molecule is CC(C)(C)OC(=O)N1CC2CN(c3ncccc3C#N)CC2C1. The monoisotopic (exact) mass is 314 g/mol. The summed E-state index contributed by atoms with van der Waals surface area (Å²) in [7, 11) is 0. The van der Waals surface area contributed by atoms with Crippen molar-refractivity contribution in [3.05, 3.63) is 23.9 Å². The van der Waals surface area contributed by atoms with E-state index in [2.05, 4.69) is 16.0 Å². The van der Waals surface area contributed by atoms with Crippen LogP contribution in [-0.2, 0) is 4.74 Å². The van der Waals surface area contributed by atoms with Crippen molar-refractivity contribution in [2.75, 3.05) is 31.1 Å². The molecule has 6 heteroatoms. The Balaban J connectivity index is 1.64. The van der Waals surface area contributed by atoms with E-state index in [4.69, 9.17) is 4.74 Å². The molecule has 2 saturated heterocycles. The van der Waals surface area contributed by atoms with E-state index in [0.29, 0.717) is 30.5 Å². The molecule has 0 aromatic carbocycles. The van der Waals surface area contributed by atoms with Crippen LogP contribution in [0.4, 0.5) is 10.6 Å². The summed E-state index contributed by atoms with van der Waals surface area (Å²) in [6.45, 7) is 8.73. The molecule has 3 heterocycles. The van der Waals surface area contributed by atoms with Gasteiger partial charge in [0.25, 0.3) is 0 Å². The van der Waals surface area contributed by atoms with Crippen molar-refractivity contribution < 1.29 is 9.53 Å². The minimum absolute atomic E-state index is 0.228. The van der Waals surface area contributed by atoms with Crippen LogP contribution in [0.15, 0.2) is 18.3 Å². The summed E-state index contributed by atoms with van der Waals surface area (Å²) in [5, 5.41) is 9.22. The lowest BCUT2D eigenvalue weighted by molar-refractivity contribution is 0.0282. The quantitative estimate of drug-likeness (QED) is 0.795. The van der Waals surface area contributed by atoms with Gasteiger partial charge in [-0.3, -0.25) is 0 Å². The Morgan fingerprint density at radius 2 is 1.96 bits per heavy atom. The van der Waals surface area contributed by atoms with Gasteiger partial charge in [-0.25, -0.2) is 9.78 Å². The van der Waals surface area contributed by atoms with Crippen molar-refractivity contribution >= 4 is 11.9 Å². The molecule has 2 atom stereocenters. The van der Waals surface area contributed by atoms with Gasteiger partial charge >= 0.3 is 6.09 Å². The van der Waals surface area contributed by atoms with E-state index in [1.54, 1.807) is 18.3 Å². The Kier molecular flexibility index (Phi) is 3.88. The Bertz CT molecular complexity index is 633. The van der Waals surface area contributed by atoms with Gasteiger partial charge in [0.15, 0.2) is 0 Å². The molecule has 0 spiro atoms. The van der Waals surface area contributed by atoms with Crippen molar-refractivity contribution in [3.63, 3.8) is 0 Å². The van der Waals surface area contributed by atoms with E-state index in [9.17, 15) is 10.1 Å². The van der Waals surface area contributed by atoms with Crippen LogP contribution < -0.4 is 4.90 Å². The Morgan fingerprint density at radius 1 is 1.30 bits per heavy atom. The molecule has 1 amide bonds. The standard InChI is InChI=1S/C17H22N4O2/c1-17(2,3)23-16(22)21-10-13-8-20(9-14(13)11-21)15-12(7-18)5-4-6-19-15/h4-6,13-14H,8-11H2,1-3H3. The molecule has 122 valence electrons. The van der Waals surface area contributed by atoms with Crippen LogP contribution in [0.3, 0.4) is 0 Å². The summed E-state index contributed by atoms with van der Waals surface area (Å²) in [5.74, 6) is 1.58. The molecule has 1 aromatic heterocycles. The second-order valence-electron chi connectivity index (χ2n) is 7.30. The van der Waals surface area contributed by atoms with Crippen LogP contribution >= 0.6 is 0 Å². The smallest absolute Gasteiger partial charge is 0.410 e. The number of rotatable bonds is 1. The van der Waals surface area contributed by atoms with E-state index in [1.165, 1.54) is 0 Å². The number of pyridine rings is 1. The van der Waals surface area contributed by atoms with Crippen molar-refractivity contribution in [1.29, 1.82) is 5.26 Å². The summed E-state index contributed by atoms with van der Waals surface area (Å²) < 4.78 is 5.45. The maximum absolute atomic E-state index is 12.2. The third kappa shape index (κ3) is 3.24. The third-order valence-corrected chi connectivity index (χ3v) is 4.34. The van der Waals surface area contributed by atoms with Crippen LogP contribution in [0, 0.1) is 23.2 Å². The molecule has 6 nitrogen and oxygen atoms in total. The summed E-state index contributed by atoms with van der Waals surface area (Å²) in [5.41, 5.74) is 0.146. The largest absolute Gasteiger partial charge is 0.444 e. The zero-order chi connectivity index (χ0) is 16.6. The molecule has 0 N–H and O–H groups in total. The first-order valence-electron chi connectivity index (χ1n) is 7.95. The number of likely N-dealkylation sites (tertiary alicyclic amines) is 1. The number of carbonyl (C=O) groups excluding carboxylic acids is 1. The Labute approximate surface area is 136 Å². The molecule has 0 radical (unpaired) electrons. The summed E-state index contributed by atoms with van der Waals surface area (Å²) in [6.07, 6.45) is 1.49. The van der Waals surface area contributed by atoms with Crippen LogP contribution in [0.25, 0.3) is 0 Å². The summed E-state index contributed by atoms with van der Waals surface area (Å²) >= 11 is 0. The number of amides is 1. The normalized spacial score (nSPS) is 23.6. The first kappa shape index (κ1) is 15.6. The zero-order valence-corrected chi connectivity index (χ0v) is 13.8. The number of fused-ring (bicyclic) bond motifs is 1. The van der Waals surface area contributed by atoms with Gasteiger partial charge in [0, 0.05) is 44.2 Å². The molecule has 3 rings (SSSR count). The summed E-state index contributed by atoms with van der Waals surface area (Å²) in [6, 6.07) is 5.78. The lowest BCUT2D eigenvalue weighted by Gasteiger charge is -2.26. The zero-order valence-electron chi connectivity index (χ0n) is 13.8. The van der Waals surface area contributed by atoms with Gasteiger partial charge in [-0.05, 0) is 32.9 Å². The highest BCUT2D eigenvalue weighted by Crippen LogP contribution is 2.34. The average molecular weight is 314 g/mol.